The lowest BCUT2D eigenvalue weighted by molar-refractivity contribution is 0.0956. The van der Waals surface area contributed by atoms with Crippen molar-refractivity contribution in [1.82, 2.24) is 5.32 Å². The van der Waals surface area contributed by atoms with Crippen LogP contribution in [0.1, 0.15) is 47.4 Å². The van der Waals surface area contributed by atoms with E-state index in [0.717, 1.165) is 12.8 Å². The van der Waals surface area contributed by atoms with Crippen molar-refractivity contribution in [2.45, 2.75) is 26.7 Å². The Balaban J connectivity index is 2.12. The lowest BCUT2D eigenvalue weighted by Gasteiger charge is -2.11. The lowest BCUT2D eigenvalue weighted by atomic mass is 10.1. The Kier molecular flexibility index (Phi) is 7.01. The molecule has 0 aliphatic heterocycles. The fourth-order valence-corrected chi connectivity index (χ4v) is 2.30. The van der Waals surface area contributed by atoms with E-state index in [1.54, 1.807) is 42.5 Å². The van der Waals surface area contributed by atoms with E-state index >= 15 is 0 Å². The minimum absolute atomic E-state index is 0.213. The minimum atomic E-state index is -0.280. The van der Waals surface area contributed by atoms with Gasteiger partial charge in [-0.15, -0.1) is 0 Å². The Morgan fingerprint density at radius 1 is 1.00 bits per heavy atom. The molecule has 0 atom stereocenters. The van der Waals surface area contributed by atoms with Gasteiger partial charge in [-0.05, 0) is 43.7 Å². The van der Waals surface area contributed by atoms with Gasteiger partial charge in [0, 0.05) is 12.1 Å². The molecule has 0 aromatic heterocycles. The zero-order valence-corrected chi connectivity index (χ0v) is 14.7. The van der Waals surface area contributed by atoms with Gasteiger partial charge in [0.05, 0.1) is 17.9 Å². The van der Waals surface area contributed by atoms with E-state index in [9.17, 15) is 9.59 Å². The summed E-state index contributed by atoms with van der Waals surface area (Å²) in [6.07, 6.45) is 2.02. The highest BCUT2D eigenvalue weighted by Crippen LogP contribution is 2.18. The second-order valence-electron chi connectivity index (χ2n) is 5.59. The van der Waals surface area contributed by atoms with E-state index in [2.05, 4.69) is 17.6 Å². The number of benzene rings is 2. The van der Waals surface area contributed by atoms with Gasteiger partial charge in [0.2, 0.25) is 0 Å². The monoisotopic (exact) mass is 340 g/mol. The number of ether oxygens (including phenoxy) is 1. The summed E-state index contributed by atoms with van der Waals surface area (Å²) in [6.45, 7) is 5.10. The van der Waals surface area contributed by atoms with Crippen LogP contribution in [0.5, 0.6) is 5.75 Å². The molecule has 0 aliphatic rings. The highest BCUT2D eigenvalue weighted by atomic mass is 16.5. The molecule has 0 spiro atoms. The molecule has 5 nitrogen and oxygen atoms in total. The van der Waals surface area contributed by atoms with Crippen molar-refractivity contribution in [1.29, 1.82) is 0 Å². The molecule has 0 aliphatic carbocycles. The number of carbonyl (C=O) groups is 2. The standard InChI is InChI=1S/C20H24N2O3/c1-3-5-13-25-16-10-8-9-15(14-16)19(23)22-18-12-7-6-11-17(18)20(24)21-4-2/h6-12,14H,3-5,13H2,1-2H3,(H,21,24)(H,22,23). The molecule has 0 fully saturated rings. The van der Waals surface area contributed by atoms with E-state index in [-0.39, 0.29) is 11.8 Å². The first-order valence-corrected chi connectivity index (χ1v) is 8.57. The van der Waals surface area contributed by atoms with Crippen LogP contribution >= 0.6 is 0 Å². The van der Waals surface area contributed by atoms with Crippen LogP contribution in [0.15, 0.2) is 48.5 Å². The number of nitrogens with one attached hydrogen (secondary N) is 2. The maximum atomic E-state index is 12.5. The molecule has 0 bridgehead atoms. The fraction of sp³-hybridized carbons (Fsp3) is 0.300. The Hall–Kier alpha value is -2.82. The number of hydrogen-bond donors (Lipinski definition) is 2. The van der Waals surface area contributed by atoms with Crippen LogP contribution in [-0.2, 0) is 0 Å². The van der Waals surface area contributed by atoms with E-state index < -0.39 is 0 Å². The van der Waals surface area contributed by atoms with Gasteiger partial charge in [0.25, 0.3) is 11.8 Å². The van der Waals surface area contributed by atoms with Gasteiger partial charge in [-0.1, -0.05) is 31.5 Å². The predicted molar refractivity (Wildman–Crippen MR) is 99.2 cm³/mol. The first kappa shape index (κ1) is 18.5. The second-order valence-corrected chi connectivity index (χ2v) is 5.59. The molecular formula is C20H24N2O3. The number of unbranched alkanes of at least 4 members (excludes halogenated alkanes) is 1. The summed E-state index contributed by atoms with van der Waals surface area (Å²) in [5.41, 5.74) is 1.41. The average molecular weight is 340 g/mol. The van der Waals surface area contributed by atoms with Crippen LogP contribution in [-0.4, -0.2) is 25.0 Å². The Morgan fingerprint density at radius 3 is 2.56 bits per heavy atom. The van der Waals surface area contributed by atoms with Crippen molar-refractivity contribution in [2.24, 2.45) is 0 Å². The molecule has 0 saturated carbocycles. The first-order chi connectivity index (χ1) is 12.2. The number of carbonyl (C=O) groups excluding carboxylic acids is 2. The molecule has 0 heterocycles. The molecule has 2 aromatic carbocycles. The Labute approximate surface area is 148 Å². The molecule has 0 unspecified atom stereocenters. The molecule has 2 aromatic rings. The van der Waals surface area contributed by atoms with E-state index in [1.165, 1.54) is 0 Å². The summed E-state index contributed by atoms with van der Waals surface area (Å²) in [4.78, 5) is 24.6. The number of para-hydroxylation sites is 1. The van der Waals surface area contributed by atoms with E-state index in [1.807, 2.05) is 13.0 Å². The zero-order valence-electron chi connectivity index (χ0n) is 14.7. The summed E-state index contributed by atoms with van der Waals surface area (Å²) >= 11 is 0. The number of hydrogen-bond acceptors (Lipinski definition) is 3. The van der Waals surface area contributed by atoms with Gasteiger partial charge < -0.3 is 15.4 Å². The van der Waals surface area contributed by atoms with Crippen LogP contribution < -0.4 is 15.4 Å². The highest BCUT2D eigenvalue weighted by molar-refractivity contribution is 6.09. The van der Waals surface area contributed by atoms with Crippen LogP contribution in [0.4, 0.5) is 5.69 Å². The third kappa shape index (κ3) is 5.35. The average Bonchev–Trinajstić information content (AvgIpc) is 2.63. The zero-order chi connectivity index (χ0) is 18.1. The molecule has 0 saturated heterocycles. The lowest BCUT2D eigenvalue weighted by Crippen LogP contribution is -2.24. The summed E-state index contributed by atoms with van der Waals surface area (Å²) in [5.74, 6) is 0.172. The van der Waals surface area contributed by atoms with Gasteiger partial charge in [0.1, 0.15) is 5.75 Å². The van der Waals surface area contributed by atoms with Gasteiger partial charge in [0.15, 0.2) is 0 Å². The third-order valence-corrected chi connectivity index (χ3v) is 3.62. The van der Waals surface area contributed by atoms with Crippen LogP contribution in [0.2, 0.25) is 0 Å². The maximum absolute atomic E-state index is 12.5. The second kappa shape index (κ2) is 9.47. The molecule has 2 amide bonds. The smallest absolute Gasteiger partial charge is 0.255 e. The van der Waals surface area contributed by atoms with Crippen molar-refractivity contribution in [3.63, 3.8) is 0 Å². The third-order valence-electron chi connectivity index (χ3n) is 3.62. The number of anilines is 1. The molecule has 2 rings (SSSR count). The van der Waals surface area contributed by atoms with Gasteiger partial charge in [-0.3, -0.25) is 9.59 Å². The van der Waals surface area contributed by atoms with E-state index in [0.29, 0.717) is 35.7 Å². The van der Waals surface area contributed by atoms with E-state index in [4.69, 9.17) is 4.74 Å². The summed E-state index contributed by atoms with van der Waals surface area (Å²) in [5, 5.41) is 5.55. The highest BCUT2D eigenvalue weighted by Gasteiger charge is 2.13. The molecule has 25 heavy (non-hydrogen) atoms. The number of amides is 2. The summed E-state index contributed by atoms with van der Waals surface area (Å²) in [7, 11) is 0. The SMILES string of the molecule is CCCCOc1cccc(C(=O)Nc2ccccc2C(=O)NCC)c1. The van der Waals surface area contributed by atoms with Crippen LogP contribution in [0.25, 0.3) is 0 Å². The fourth-order valence-electron chi connectivity index (χ4n) is 2.30. The minimum Gasteiger partial charge on any atom is -0.494 e. The Morgan fingerprint density at radius 2 is 1.80 bits per heavy atom. The topological polar surface area (TPSA) is 67.4 Å². The normalized spacial score (nSPS) is 10.2. The first-order valence-electron chi connectivity index (χ1n) is 8.57. The summed E-state index contributed by atoms with van der Waals surface area (Å²) < 4.78 is 5.64. The van der Waals surface area contributed by atoms with Gasteiger partial charge >= 0.3 is 0 Å². The molecule has 132 valence electrons. The van der Waals surface area contributed by atoms with Gasteiger partial charge in [-0.2, -0.15) is 0 Å². The molecule has 5 heteroatoms. The number of rotatable bonds is 8. The predicted octanol–water partition coefficient (Wildman–Crippen LogP) is 3.87. The van der Waals surface area contributed by atoms with Crippen molar-refractivity contribution >= 4 is 17.5 Å². The molecular weight excluding hydrogens is 316 g/mol. The van der Waals surface area contributed by atoms with Crippen molar-refractivity contribution in [3.8, 4) is 5.75 Å². The van der Waals surface area contributed by atoms with Crippen molar-refractivity contribution in [3.05, 3.63) is 59.7 Å². The molecule has 2 N–H and O–H groups in total. The van der Waals surface area contributed by atoms with Crippen molar-refractivity contribution < 1.29 is 14.3 Å². The largest absolute Gasteiger partial charge is 0.494 e. The van der Waals surface area contributed by atoms with Gasteiger partial charge in [-0.25, -0.2) is 0 Å². The van der Waals surface area contributed by atoms with Crippen LogP contribution in [0.3, 0.4) is 0 Å². The van der Waals surface area contributed by atoms with Crippen LogP contribution in [0, 0.1) is 0 Å². The molecule has 0 radical (unpaired) electrons. The summed E-state index contributed by atoms with van der Waals surface area (Å²) in [6, 6.07) is 14.0. The Bertz CT molecular complexity index is 728. The van der Waals surface area contributed by atoms with Crippen molar-refractivity contribution in [2.75, 3.05) is 18.5 Å². The maximum Gasteiger partial charge on any atom is 0.255 e. The quantitative estimate of drug-likeness (QED) is 0.717.